The highest BCUT2D eigenvalue weighted by Crippen LogP contribution is 2.24. The van der Waals surface area contributed by atoms with Crippen molar-refractivity contribution in [3.05, 3.63) is 35.9 Å². The Kier molecular flexibility index (Phi) is 3.76. The average molecular weight is 234 g/mol. The highest BCUT2D eigenvalue weighted by atomic mass is 16.4. The van der Waals surface area contributed by atoms with Gasteiger partial charge >= 0.3 is 5.97 Å². The van der Waals surface area contributed by atoms with E-state index < -0.39 is 12.0 Å². The summed E-state index contributed by atoms with van der Waals surface area (Å²) in [5, 5.41) is 9.37. The molecule has 0 aliphatic carbocycles. The molecule has 0 aromatic heterocycles. The zero-order valence-electron chi connectivity index (χ0n) is 9.75. The average Bonchev–Trinajstić information content (AvgIpc) is 2.33. The molecule has 0 amide bonds. The summed E-state index contributed by atoms with van der Waals surface area (Å²) < 4.78 is 0. The first-order valence-corrected chi connectivity index (χ1v) is 5.96. The van der Waals surface area contributed by atoms with E-state index in [-0.39, 0.29) is 6.04 Å². The summed E-state index contributed by atoms with van der Waals surface area (Å²) in [6.45, 7) is 1.51. The molecule has 1 aliphatic heterocycles. The molecule has 1 aliphatic rings. The number of nitrogens with zero attached hydrogens (tertiary/aromatic N) is 1. The molecule has 4 nitrogen and oxygen atoms in total. The van der Waals surface area contributed by atoms with Gasteiger partial charge in [-0.15, -0.1) is 0 Å². The Morgan fingerprint density at radius 1 is 1.29 bits per heavy atom. The molecule has 3 N–H and O–H groups in total. The number of carboxylic acids is 1. The predicted molar refractivity (Wildman–Crippen MR) is 65.6 cm³/mol. The van der Waals surface area contributed by atoms with Crippen molar-refractivity contribution in [3.63, 3.8) is 0 Å². The van der Waals surface area contributed by atoms with Crippen LogP contribution in [0.3, 0.4) is 0 Å². The Bertz CT molecular complexity index is 372. The number of piperidine rings is 1. The smallest absolute Gasteiger partial charge is 0.325 e. The maximum Gasteiger partial charge on any atom is 0.325 e. The van der Waals surface area contributed by atoms with Gasteiger partial charge in [-0.1, -0.05) is 30.3 Å². The molecule has 1 atom stereocenters. The molecule has 1 heterocycles. The zero-order chi connectivity index (χ0) is 12.3. The Labute approximate surface area is 101 Å². The van der Waals surface area contributed by atoms with E-state index >= 15 is 0 Å². The van der Waals surface area contributed by atoms with Crippen molar-refractivity contribution in [2.75, 3.05) is 13.1 Å². The summed E-state index contributed by atoms with van der Waals surface area (Å²) in [6.07, 6.45) is 1.74. The summed E-state index contributed by atoms with van der Waals surface area (Å²) in [6, 6.07) is 9.07. The van der Waals surface area contributed by atoms with Crippen LogP contribution in [0.1, 0.15) is 24.4 Å². The lowest BCUT2D eigenvalue weighted by atomic mass is 10.00. The van der Waals surface area contributed by atoms with E-state index in [1.165, 1.54) is 0 Å². The highest BCUT2D eigenvalue weighted by molar-refractivity contribution is 5.75. The molecule has 2 rings (SSSR count). The number of benzene rings is 1. The number of aliphatic carboxylic acids is 1. The summed E-state index contributed by atoms with van der Waals surface area (Å²) in [7, 11) is 0. The van der Waals surface area contributed by atoms with Gasteiger partial charge in [-0.2, -0.15) is 0 Å². The fraction of sp³-hybridized carbons (Fsp3) is 0.462. The monoisotopic (exact) mass is 234 g/mol. The molecule has 1 unspecified atom stereocenters. The van der Waals surface area contributed by atoms with Gasteiger partial charge in [-0.3, -0.25) is 9.69 Å². The number of carboxylic acid groups (broad SMARTS) is 1. The number of hydrogen-bond acceptors (Lipinski definition) is 3. The van der Waals surface area contributed by atoms with Gasteiger partial charge in [0.2, 0.25) is 0 Å². The summed E-state index contributed by atoms with van der Waals surface area (Å²) in [5.74, 6) is -0.785. The standard InChI is InChI=1S/C13H18N2O2/c14-11-6-8-15(9-7-11)12(13(16)17)10-4-2-1-3-5-10/h1-5,11-12H,6-9,14H2,(H,16,17). The second kappa shape index (κ2) is 5.29. The Morgan fingerprint density at radius 3 is 2.41 bits per heavy atom. The van der Waals surface area contributed by atoms with Gasteiger partial charge in [-0.05, 0) is 18.4 Å². The summed E-state index contributed by atoms with van der Waals surface area (Å²) >= 11 is 0. The molecule has 92 valence electrons. The fourth-order valence-electron chi connectivity index (χ4n) is 2.32. The number of nitrogens with two attached hydrogens (primary N) is 1. The van der Waals surface area contributed by atoms with Gasteiger partial charge in [0.25, 0.3) is 0 Å². The molecule has 1 fully saturated rings. The van der Waals surface area contributed by atoms with Crippen LogP contribution in [0.2, 0.25) is 0 Å². The van der Waals surface area contributed by atoms with Crippen LogP contribution in [0, 0.1) is 0 Å². The molecule has 4 heteroatoms. The van der Waals surface area contributed by atoms with E-state index in [0.29, 0.717) is 0 Å². The third kappa shape index (κ3) is 2.84. The lowest BCUT2D eigenvalue weighted by Gasteiger charge is -2.34. The third-order valence-electron chi connectivity index (χ3n) is 3.29. The van der Waals surface area contributed by atoms with Crippen LogP contribution in [0.15, 0.2) is 30.3 Å². The minimum atomic E-state index is -0.785. The largest absolute Gasteiger partial charge is 0.480 e. The van der Waals surface area contributed by atoms with E-state index in [1.807, 2.05) is 35.2 Å². The maximum absolute atomic E-state index is 11.4. The van der Waals surface area contributed by atoms with Crippen LogP contribution in [0.25, 0.3) is 0 Å². The van der Waals surface area contributed by atoms with Gasteiger partial charge in [0.1, 0.15) is 6.04 Å². The van der Waals surface area contributed by atoms with Crippen molar-refractivity contribution in [3.8, 4) is 0 Å². The number of carbonyl (C=O) groups is 1. The maximum atomic E-state index is 11.4. The van der Waals surface area contributed by atoms with Crippen LogP contribution in [-0.4, -0.2) is 35.1 Å². The molecule has 1 saturated heterocycles. The first-order chi connectivity index (χ1) is 8.18. The van der Waals surface area contributed by atoms with E-state index in [0.717, 1.165) is 31.5 Å². The van der Waals surface area contributed by atoms with Crippen molar-refractivity contribution in [2.45, 2.75) is 24.9 Å². The molecule has 1 aromatic carbocycles. The molecule has 0 radical (unpaired) electrons. The normalized spacial score (nSPS) is 20.1. The van der Waals surface area contributed by atoms with Crippen molar-refractivity contribution >= 4 is 5.97 Å². The van der Waals surface area contributed by atoms with Gasteiger partial charge in [0, 0.05) is 19.1 Å². The van der Waals surface area contributed by atoms with Gasteiger partial charge in [0.15, 0.2) is 0 Å². The zero-order valence-corrected chi connectivity index (χ0v) is 9.75. The van der Waals surface area contributed by atoms with Crippen molar-refractivity contribution in [2.24, 2.45) is 5.73 Å². The SMILES string of the molecule is NC1CCN(C(C(=O)O)c2ccccc2)CC1. The van der Waals surface area contributed by atoms with E-state index in [1.54, 1.807) is 0 Å². The van der Waals surface area contributed by atoms with Crippen LogP contribution in [-0.2, 0) is 4.79 Å². The van der Waals surface area contributed by atoms with Crippen LogP contribution >= 0.6 is 0 Å². The minimum absolute atomic E-state index is 0.219. The number of rotatable bonds is 3. The summed E-state index contributed by atoms with van der Waals surface area (Å²) in [4.78, 5) is 13.4. The highest BCUT2D eigenvalue weighted by Gasteiger charge is 2.29. The van der Waals surface area contributed by atoms with E-state index in [4.69, 9.17) is 5.73 Å². The van der Waals surface area contributed by atoms with E-state index in [9.17, 15) is 9.90 Å². The topological polar surface area (TPSA) is 66.6 Å². The van der Waals surface area contributed by atoms with Crippen molar-refractivity contribution in [1.29, 1.82) is 0 Å². The second-order valence-electron chi connectivity index (χ2n) is 4.52. The predicted octanol–water partition coefficient (Wildman–Crippen LogP) is 1.24. The Hall–Kier alpha value is -1.39. The van der Waals surface area contributed by atoms with Crippen LogP contribution in [0.5, 0.6) is 0 Å². The number of likely N-dealkylation sites (tertiary alicyclic amines) is 1. The Morgan fingerprint density at radius 2 is 1.88 bits per heavy atom. The molecule has 0 saturated carbocycles. The molecule has 0 bridgehead atoms. The molecule has 17 heavy (non-hydrogen) atoms. The first kappa shape index (κ1) is 12.1. The lowest BCUT2D eigenvalue weighted by molar-refractivity contribution is -0.144. The van der Waals surface area contributed by atoms with Gasteiger partial charge in [-0.25, -0.2) is 0 Å². The Balaban J connectivity index is 2.16. The number of hydrogen-bond donors (Lipinski definition) is 2. The van der Waals surface area contributed by atoms with Gasteiger partial charge < -0.3 is 10.8 Å². The molecular formula is C13H18N2O2. The quantitative estimate of drug-likeness (QED) is 0.825. The van der Waals surface area contributed by atoms with Gasteiger partial charge in [0.05, 0.1) is 0 Å². The third-order valence-corrected chi connectivity index (χ3v) is 3.29. The summed E-state index contributed by atoms with van der Waals surface area (Å²) in [5.41, 5.74) is 6.68. The van der Waals surface area contributed by atoms with Crippen molar-refractivity contribution < 1.29 is 9.90 Å². The fourth-order valence-corrected chi connectivity index (χ4v) is 2.32. The second-order valence-corrected chi connectivity index (χ2v) is 4.52. The molecule has 1 aromatic rings. The first-order valence-electron chi connectivity index (χ1n) is 5.96. The van der Waals surface area contributed by atoms with Crippen LogP contribution in [0.4, 0.5) is 0 Å². The molecular weight excluding hydrogens is 216 g/mol. The van der Waals surface area contributed by atoms with Crippen molar-refractivity contribution in [1.82, 2.24) is 4.90 Å². The minimum Gasteiger partial charge on any atom is -0.480 e. The van der Waals surface area contributed by atoms with E-state index in [2.05, 4.69) is 0 Å². The van der Waals surface area contributed by atoms with Crippen LogP contribution < -0.4 is 5.73 Å². The lowest BCUT2D eigenvalue weighted by Crippen LogP contribution is -2.43. The molecule has 0 spiro atoms.